The molecule has 1 aliphatic rings. The van der Waals surface area contributed by atoms with E-state index in [2.05, 4.69) is 10.3 Å². The number of nitrogens with one attached hydrogen (secondary N) is 1. The molecule has 0 aliphatic carbocycles. The Bertz CT molecular complexity index is 1210. The Balaban J connectivity index is 1.41. The fraction of sp³-hybridized carbons (Fsp3) is 0.375. The number of carbonyl (C=O) groups is 1. The average Bonchev–Trinajstić information content (AvgIpc) is 3.25. The highest BCUT2D eigenvalue weighted by Gasteiger charge is 2.46. The number of benzene rings is 1. The first-order valence-corrected chi connectivity index (χ1v) is 11.2. The van der Waals surface area contributed by atoms with Crippen molar-refractivity contribution >= 4 is 11.7 Å². The summed E-state index contributed by atoms with van der Waals surface area (Å²) in [6, 6.07) is 7.27. The van der Waals surface area contributed by atoms with Crippen molar-refractivity contribution in [2.24, 2.45) is 0 Å². The predicted molar refractivity (Wildman–Crippen MR) is 119 cm³/mol. The van der Waals surface area contributed by atoms with E-state index in [4.69, 9.17) is 0 Å². The molecule has 2 atom stereocenters. The fourth-order valence-electron chi connectivity index (χ4n) is 4.33. The summed E-state index contributed by atoms with van der Waals surface area (Å²) in [7, 11) is 0. The van der Waals surface area contributed by atoms with Gasteiger partial charge in [-0.25, -0.2) is 13.8 Å². The second kappa shape index (κ2) is 9.84. The molecule has 0 unspecified atom stereocenters. The molecule has 4 rings (SSSR count). The lowest BCUT2D eigenvalue weighted by atomic mass is 9.87. The summed E-state index contributed by atoms with van der Waals surface area (Å²) in [5.74, 6) is -4.46. The van der Waals surface area contributed by atoms with Crippen LogP contribution >= 0.6 is 0 Å². The third kappa shape index (κ3) is 5.64. The van der Waals surface area contributed by atoms with E-state index in [0.29, 0.717) is 5.56 Å². The van der Waals surface area contributed by atoms with Gasteiger partial charge in [-0.2, -0.15) is 13.2 Å². The number of anilines is 1. The Morgan fingerprint density at radius 3 is 2.64 bits per heavy atom. The van der Waals surface area contributed by atoms with Crippen LogP contribution in [0.25, 0.3) is 0 Å². The third-order valence-corrected chi connectivity index (χ3v) is 6.39. The Kier molecular flexibility index (Phi) is 6.98. The Morgan fingerprint density at radius 1 is 1.25 bits per heavy atom. The average molecular weight is 510 g/mol. The molecule has 2 N–H and O–H groups in total. The van der Waals surface area contributed by atoms with E-state index >= 15 is 0 Å². The molecule has 1 saturated heterocycles. The van der Waals surface area contributed by atoms with E-state index in [1.807, 2.05) is 0 Å². The molecule has 1 fully saturated rings. The Morgan fingerprint density at radius 2 is 1.94 bits per heavy atom. The van der Waals surface area contributed by atoms with E-state index in [-0.39, 0.29) is 31.0 Å². The second-order valence-electron chi connectivity index (χ2n) is 8.82. The molecule has 192 valence electrons. The van der Waals surface area contributed by atoms with Gasteiger partial charge in [-0.05, 0) is 24.1 Å². The van der Waals surface area contributed by atoms with E-state index in [0.717, 1.165) is 10.8 Å². The SMILES string of the molecule is C[C@@H](C(=O)Nc1cn(Cc2ccccc2C(F)(F)F)cn1)N1CCC(F)(F)[C@@H](c2cc[n+](O)cc2)C1. The molecule has 2 aromatic heterocycles. The van der Waals surface area contributed by atoms with Crippen LogP contribution in [0.4, 0.5) is 27.8 Å². The number of nitrogens with zero attached hydrogens (tertiary/aromatic N) is 4. The van der Waals surface area contributed by atoms with Crippen molar-refractivity contribution in [2.45, 2.75) is 43.9 Å². The number of hydrogen-bond donors (Lipinski definition) is 2. The summed E-state index contributed by atoms with van der Waals surface area (Å²) >= 11 is 0. The quantitative estimate of drug-likeness (QED) is 0.300. The normalized spacial score (nSPS) is 19.1. The third-order valence-electron chi connectivity index (χ3n) is 6.39. The largest absolute Gasteiger partial charge is 0.416 e. The van der Waals surface area contributed by atoms with Crippen LogP contribution in [0.15, 0.2) is 61.3 Å². The first kappa shape index (κ1) is 25.5. The molecule has 0 spiro atoms. The van der Waals surface area contributed by atoms with Gasteiger partial charge in [-0.3, -0.25) is 14.9 Å². The van der Waals surface area contributed by atoms with Crippen molar-refractivity contribution in [3.05, 3.63) is 78.0 Å². The second-order valence-corrected chi connectivity index (χ2v) is 8.82. The van der Waals surface area contributed by atoms with Crippen LogP contribution in [0.3, 0.4) is 0 Å². The maximum Gasteiger partial charge on any atom is 0.416 e. The summed E-state index contributed by atoms with van der Waals surface area (Å²) in [6.07, 6.45) is 0.336. The summed E-state index contributed by atoms with van der Waals surface area (Å²) in [6.45, 7) is 1.44. The lowest BCUT2D eigenvalue weighted by Crippen LogP contribution is -2.52. The van der Waals surface area contributed by atoms with Crippen LogP contribution in [-0.4, -0.2) is 50.6 Å². The topological polar surface area (TPSA) is 74.3 Å². The van der Waals surface area contributed by atoms with E-state index in [1.165, 1.54) is 59.8 Å². The molecule has 7 nitrogen and oxygen atoms in total. The molecule has 3 heterocycles. The van der Waals surface area contributed by atoms with E-state index in [9.17, 15) is 32.0 Å². The zero-order chi connectivity index (χ0) is 26.1. The maximum atomic E-state index is 14.6. The standard InChI is InChI=1S/C24H24F5N5O2/c1-16(33-11-8-23(25,26)20(13-33)17-6-9-34(36)10-7-17)22(35)31-21-14-32(15-30-21)12-18-4-2-3-5-19(18)24(27,28)29/h2-7,9-10,14-16,20H,8,11-13H2,1H3,(H-,31,35,36)/p+1/t16-,20+/m0/s1. The maximum absolute atomic E-state index is 14.6. The highest BCUT2D eigenvalue weighted by Crippen LogP contribution is 2.40. The Labute approximate surface area is 203 Å². The van der Waals surface area contributed by atoms with Gasteiger partial charge in [-0.15, -0.1) is 0 Å². The molecule has 1 aliphatic heterocycles. The summed E-state index contributed by atoms with van der Waals surface area (Å²) in [4.78, 5) is 18.5. The highest BCUT2D eigenvalue weighted by molar-refractivity contribution is 5.93. The minimum Gasteiger partial charge on any atom is -0.331 e. The zero-order valence-corrected chi connectivity index (χ0v) is 19.3. The number of alkyl halides is 5. The van der Waals surface area contributed by atoms with Crippen molar-refractivity contribution in [2.75, 3.05) is 18.4 Å². The number of aromatic nitrogens is 3. The van der Waals surface area contributed by atoms with E-state index < -0.39 is 42.0 Å². The molecular formula is C24H25F5N5O2+. The van der Waals surface area contributed by atoms with Crippen LogP contribution in [-0.2, 0) is 17.5 Å². The number of halogens is 5. The van der Waals surface area contributed by atoms with Crippen molar-refractivity contribution in [3.63, 3.8) is 0 Å². The predicted octanol–water partition coefficient (Wildman–Crippen LogP) is 3.93. The minimum absolute atomic E-state index is 0.00753. The number of amides is 1. The van der Waals surface area contributed by atoms with E-state index in [1.54, 1.807) is 11.8 Å². The van der Waals surface area contributed by atoms with Crippen molar-refractivity contribution < 1.29 is 36.7 Å². The molecule has 1 amide bonds. The van der Waals surface area contributed by atoms with Gasteiger partial charge in [0.1, 0.15) is 0 Å². The first-order valence-electron chi connectivity index (χ1n) is 11.2. The number of hydrogen-bond acceptors (Lipinski definition) is 4. The Hall–Kier alpha value is -3.54. The first-order chi connectivity index (χ1) is 16.9. The fourth-order valence-corrected chi connectivity index (χ4v) is 4.33. The molecule has 1 aromatic carbocycles. The minimum atomic E-state index is -4.49. The highest BCUT2D eigenvalue weighted by atomic mass is 19.4. The zero-order valence-electron chi connectivity index (χ0n) is 19.3. The van der Waals surface area contributed by atoms with Gasteiger partial charge in [0.25, 0.3) is 5.92 Å². The number of pyridine rings is 1. The molecule has 3 aromatic rings. The summed E-state index contributed by atoms with van der Waals surface area (Å²) in [5, 5.41) is 12.0. The van der Waals surface area contributed by atoms with Gasteiger partial charge in [0.2, 0.25) is 18.3 Å². The lowest BCUT2D eigenvalue weighted by Gasteiger charge is -2.40. The molecule has 36 heavy (non-hydrogen) atoms. The van der Waals surface area contributed by atoms with Gasteiger partial charge in [0.05, 0.1) is 23.9 Å². The van der Waals surface area contributed by atoms with Crippen molar-refractivity contribution in [1.29, 1.82) is 0 Å². The van der Waals surface area contributed by atoms with Crippen LogP contribution in [0.2, 0.25) is 0 Å². The number of imidazole rings is 1. The number of piperidine rings is 1. The summed E-state index contributed by atoms with van der Waals surface area (Å²) < 4.78 is 71.2. The molecule has 0 saturated carbocycles. The van der Waals surface area contributed by atoms with Crippen LogP contribution in [0.1, 0.15) is 36.0 Å². The van der Waals surface area contributed by atoms with Crippen molar-refractivity contribution in [1.82, 2.24) is 14.5 Å². The van der Waals surface area contributed by atoms with Gasteiger partial charge < -0.3 is 9.88 Å². The monoisotopic (exact) mass is 510 g/mol. The van der Waals surface area contributed by atoms with Gasteiger partial charge in [-0.1, -0.05) is 18.2 Å². The molecular weight excluding hydrogens is 485 g/mol. The lowest BCUT2D eigenvalue weighted by molar-refractivity contribution is -0.904. The molecule has 12 heteroatoms. The smallest absolute Gasteiger partial charge is 0.331 e. The number of carbonyl (C=O) groups excluding carboxylic acids is 1. The molecule has 0 bridgehead atoms. The van der Waals surface area contributed by atoms with Gasteiger partial charge >= 0.3 is 6.18 Å². The van der Waals surface area contributed by atoms with Crippen LogP contribution in [0.5, 0.6) is 0 Å². The molecule has 0 radical (unpaired) electrons. The van der Waals surface area contributed by atoms with Crippen LogP contribution in [0, 0.1) is 0 Å². The number of rotatable bonds is 6. The van der Waals surface area contributed by atoms with Crippen LogP contribution < -0.4 is 10.0 Å². The van der Waals surface area contributed by atoms with Gasteiger partial charge in [0, 0.05) is 49.1 Å². The van der Waals surface area contributed by atoms with Gasteiger partial charge in [0.15, 0.2) is 5.82 Å². The van der Waals surface area contributed by atoms with Crippen molar-refractivity contribution in [3.8, 4) is 0 Å². The number of likely N-dealkylation sites (tertiary alicyclic amines) is 1. The summed E-state index contributed by atoms with van der Waals surface area (Å²) in [5.41, 5.74) is -0.344.